The number of nitrogens with zero attached hydrogens (tertiary/aromatic N) is 4. The van der Waals surface area contributed by atoms with Crippen LogP contribution >= 0.6 is 0 Å². The van der Waals surface area contributed by atoms with Crippen LogP contribution in [0.4, 0.5) is 5.69 Å². The van der Waals surface area contributed by atoms with Crippen molar-refractivity contribution in [2.75, 3.05) is 14.1 Å². The lowest BCUT2D eigenvalue weighted by Crippen LogP contribution is -2.17. The Kier molecular flexibility index (Phi) is 4.41. The van der Waals surface area contributed by atoms with Crippen LogP contribution in [0.1, 0.15) is 12.6 Å². The second-order valence-electron chi connectivity index (χ2n) is 3.95. The second-order valence-corrected chi connectivity index (χ2v) is 3.95. The Morgan fingerprint density at radius 3 is 2.68 bits per heavy atom. The zero-order chi connectivity index (χ0) is 14.6. The molecule has 1 rings (SSSR count). The quantitative estimate of drug-likeness (QED) is 0.490. The van der Waals surface area contributed by atoms with E-state index in [-0.39, 0.29) is 11.1 Å². The van der Waals surface area contributed by atoms with Crippen LogP contribution in [0.3, 0.4) is 0 Å². The summed E-state index contributed by atoms with van der Waals surface area (Å²) in [7, 11) is 3.46. The molecule has 8 heteroatoms. The molecule has 102 valence electrons. The molecule has 1 aromatic rings. The van der Waals surface area contributed by atoms with Crippen LogP contribution in [0.5, 0.6) is 0 Å². The molecule has 0 aliphatic rings. The molecule has 0 aromatic carbocycles. The van der Waals surface area contributed by atoms with Crippen LogP contribution in [-0.4, -0.2) is 39.8 Å². The number of amides is 1. The Morgan fingerprint density at radius 1 is 1.58 bits per heavy atom. The van der Waals surface area contributed by atoms with Crippen LogP contribution in [0, 0.1) is 10.1 Å². The van der Waals surface area contributed by atoms with Crippen molar-refractivity contribution >= 4 is 17.7 Å². The number of aromatic nitrogens is 1. The first-order valence-electron chi connectivity index (χ1n) is 5.32. The maximum absolute atomic E-state index is 11.1. The predicted octanol–water partition coefficient (Wildman–Crippen LogP) is 0.613. The molecule has 0 spiro atoms. The average molecular weight is 266 g/mol. The third-order valence-corrected chi connectivity index (χ3v) is 2.10. The van der Waals surface area contributed by atoms with Gasteiger partial charge < -0.3 is 10.1 Å². The molecule has 1 amide bonds. The van der Waals surface area contributed by atoms with Gasteiger partial charge in [0.15, 0.2) is 5.69 Å². The zero-order valence-corrected chi connectivity index (χ0v) is 10.8. The summed E-state index contributed by atoms with van der Waals surface area (Å²) in [5.41, 5.74) is -0.500. The molecule has 0 unspecified atom stereocenters. The van der Waals surface area contributed by atoms with E-state index < -0.39 is 16.5 Å². The minimum absolute atomic E-state index is 0.0683. The van der Waals surface area contributed by atoms with Gasteiger partial charge >= 0.3 is 5.69 Å². The Labute approximate surface area is 109 Å². The molecule has 1 aromatic heterocycles. The molecular formula is C11H14N4O4. The fraction of sp³-hybridized carbons (Fsp3) is 0.273. The first-order chi connectivity index (χ1) is 8.82. The van der Waals surface area contributed by atoms with Crippen LogP contribution < -0.4 is 5.36 Å². The highest BCUT2D eigenvalue weighted by Gasteiger charge is 2.19. The first-order valence-corrected chi connectivity index (χ1v) is 5.32. The van der Waals surface area contributed by atoms with Gasteiger partial charge in [-0.15, -0.1) is 0 Å². The summed E-state index contributed by atoms with van der Waals surface area (Å²) in [6, 6.07) is 1.20. The molecule has 0 saturated carbocycles. The first kappa shape index (κ1) is 14.4. The summed E-state index contributed by atoms with van der Waals surface area (Å²) in [4.78, 5) is 26.6. The van der Waals surface area contributed by atoms with Crippen LogP contribution in [-0.2, 0) is 4.79 Å². The summed E-state index contributed by atoms with van der Waals surface area (Å²) in [6.07, 6.45) is 4.08. The normalized spacial score (nSPS) is 11.8. The van der Waals surface area contributed by atoms with E-state index in [0.717, 1.165) is 0 Å². The van der Waals surface area contributed by atoms with E-state index in [1.807, 2.05) is 0 Å². The summed E-state index contributed by atoms with van der Waals surface area (Å²) in [6.45, 7) is 1.19. The smallest absolute Gasteiger partial charge is 0.321 e. The van der Waals surface area contributed by atoms with Crippen molar-refractivity contribution in [3.05, 3.63) is 39.6 Å². The number of rotatable bonds is 3. The van der Waals surface area contributed by atoms with E-state index in [1.54, 1.807) is 19.0 Å². The average Bonchev–Trinajstić information content (AvgIpc) is 2.28. The third kappa shape index (κ3) is 3.66. The van der Waals surface area contributed by atoms with Crippen molar-refractivity contribution < 1.29 is 14.9 Å². The molecule has 0 fully saturated rings. The fourth-order valence-corrected chi connectivity index (χ4v) is 1.36. The number of hydrogen-bond acceptors (Lipinski definition) is 5. The fourth-order valence-electron chi connectivity index (χ4n) is 1.36. The Balaban J connectivity index is 3.60. The van der Waals surface area contributed by atoms with E-state index in [2.05, 4.69) is 4.99 Å². The molecule has 1 heterocycles. The molecule has 0 atom stereocenters. The molecule has 0 aliphatic heterocycles. The van der Waals surface area contributed by atoms with Crippen molar-refractivity contribution in [3.63, 3.8) is 0 Å². The summed E-state index contributed by atoms with van der Waals surface area (Å²) in [5, 5.41) is 20.6. The van der Waals surface area contributed by atoms with Crippen molar-refractivity contribution in [1.82, 2.24) is 9.63 Å². The zero-order valence-electron chi connectivity index (χ0n) is 10.8. The Bertz CT molecular complexity index is 601. The highest BCUT2D eigenvalue weighted by Crippen LogP contribution is 2.14. The van der Waals surface area contributed by atoms with Gasteiger partial charge in [0.25, 0.3) is 0 Å². The molecule has 8 nitrogen and oxygen atoms in total. The highest BCUT2D eigenvalue weighted by atomic mass is 16.6. The Hall–Kier alpha value is -2.64. The predicted molar refractivity (Wildman–Crippen MR) is 67.2 cm³/mol. The van der Waals surface area contributed by atoms with Gasteiger partial charge in [-0.05, 0) is 12.1 Å². The number of nitro groups is 1. The molecule has 19 heavy (non-hydrogen) atoms. The van der Waals surface area contributed by atoms with Gasteiger partial charge in [0, 0.05) is 33.4 Å². The molecule has 1 N–H and O–H groups in total. The summed E-state index contributed by atoms with van der Waals surface area (Å²) in [5.74, 6) is -0.554. The number of hydrogen-bond donors (Lipinski definition) is 1. The van der Waals surface area contributed by atoms with E-state index >= 15 is 0 Å². The lowest BCUT2D eigenvalue weighted by Gasteiger charge is -2.06. The monoisotopic (exact) mass is 266 g/mol. The number of pyridine rings is 1. The van der Waals surface area contributed by atoms with Gasteiger partial charge in [0.05, 0.1) is 4.92 Å². The number of carbonyl (C=O) groups is 1. The van der Waals surface area contributed by atoms with Crippen molar-refractivity contribution in [3.8, 4) is 0 Å². The molecular weight excluding hydrogens is 252 g/mol. The second kappa shape index (κ2) is 5.80. The summed E-state index contributed by atoms with van der Waals surface area (Å²) >= 11 is 0. The molecule has 0 bridgehead atoms. The van der Waals surface area contributed by atoms with Gasteiger partial charge in [-0.1, -0.05) is 0 Å². The Morgan fingerprint density at radius 2 is 2.21 bits per heavy atom. The van der Waals surface area contributed by atoms with Gasteiger partial charge in [-0.2, -0.15) is 4.73 Å². The third-order valence-electron chi connectivity index (χ3n) is 2.10. The van der Waals surface area contributed by atoms with Gasteiger partial charge in [0.1, 0.15) is 5.36 Å². The van der Waals surface area contributed by atoms with E-state index in [4.69, 9.17) is 0 Å². The lowest BCUT2D eigenvalue weighted by molar-refractivity contribution is -0.387. The topological polar surface area (TPSA) is 101 Å². The van der Waals surface area contributed by atoms with Crippen molar-refractivity contribution in [1.29, 1.82) is 0 Å². The van der Waals surface area contributed by atoms with Gasteiger partial charge in [-0.3, -0.25) is 14.9 Å². The maximum Gasteiger partial charge on any atom is 0.321 e. The van der Waals surface area contributed by atoms with Crippen molar-refractivity contribution in [2.24, 2.45) is 4.99 Å². The van der Waals surface area contributed by atoms with Crippen LogP contribution in [0.2, 0.25) is 0 Å². The SMILES string of the molecule is CC(=O)N=c1ccn(O)c(C=CN(C)C)c1[N+](=O)[O-]. The minimum Gasteiger partial charge on any atom is -0.428 e. The lowest BCUT2D eigenvalue weighted by atomic mass is 10.2. The minimum atomic E-state index is -0.691. The summed E-state index contributed by atoms with van der Waals surface area (Å²) < 4.78 is 0.608. The molecule has 0 saturated heterocycles. The van der Waals surface area contributed by atoms with E-state index in [9.17, 15) is 20.1 Å². The molecule has 0 radical (unpaired) electrons. The standard InChI is InChI=1S/C11H14N4O4/c1-8(16)12-9-4-7-14(17)10(5-6-13(2)3)11(9)15(18)19/h4-7,17H,1-3H3. The van der Waals surface area contributed by atoms with Gasteiger partial charge in [-0.25, -0.2) is 4.99 Å². The van der Waals surface area contributed by atoms with Gasteiger partial charge in [0.2, 0.25) is 5.91 Å². The maximum atomic E-state index is 11.1. The largest absolute Gasteiger partial charge is 0.428 e. The van der Waals surface area contributed by atoms with E-state index in [1.165, 1.54) is 31.5 Å². The number of carbonyl (C=O) groups excluding carboxylic acids is 1. The molecule has 0 aliphatic carbocycles. The van der Waals surface area contributed by atoms with Crippen LogP contribution in [0.25, 0.3) is 6.08 Å². The van der Waals surface area contributed by atoms with E-state index in [0.29, 0.717) is 4.73 Å². The highest BCUT2D eigenvalue weighted by molar-refractivity contribution is 5.74. The van der Waals surface area contributed by atoms with Crippen molar-refractivity contribution in [2.45, 2.75) is 6.92 Å². The van der Waals surface area contributed by atoms with Crippen LogP contribution in [0.15, 0.2) is 23.5 Å².